The number of nitrogens with zero attached hydrogens (tertiary/aromatic N) is 1. The largest absolute Gasteiger partial charge is 0.337 e. The van der Waals surface area contributed by atoms with Crippen LogP contribution in [0.15, 0.2) is 41.1 Å². The van der Waals surface area contributed by atoms with Crippen molar-refractivity contribution in [2.45, 2.75) is 19.4 Å². The third-order valence-corrected chi connectivity index (χ3v) is 4.83. The topological polar surface area (TPSA) is 66.5 Å². The highest BCUT2D eigenvalue weighted by Gasteiger charge is 2.30. The van der Waals surface area contributed by atoms with Crippen molar-refractivity contribution in [1.29, 1.82) is 0 Å². The second-order valence-corrected chi connectivity index (χ2v) is 6.79. The van der Waals surface area contributed by atoms with Crippen LogP contribution in [0.5, 0.6) is 0 Å². The number of hydrogen-bond donors (Lipinski definition) is 1. The van der Waals surface area contributed by atoms with Crippen molar-refractivity contribution in [2.24, 2.45) is 5.92 Å². The summed E-state index contributed by atoms with van der Waals surface area (Å²) in [7, 11) is 1.78. The van der Waals surface area contributed by atoms with E-state index in [-0.39, 0.29) is 30.1 Å². The summed E-state index contributed by atoms with van der Waals surface area (Å²) in [5.41, 5.74) is 2.68. The fraction of sp³-hybridized carbons (Fsp3) is 0.278. The summed E-state index contributed by atoms with van der Waals surface area (Å²) in [5.74, 6) is -0.774. The lowest BCUT2D eigenvalue weighted by molar-refractivity contribution is -0.125. The molecule has 3 rings (SSSR count). The Balaban J connectivity index is 1.62. The predicted octanol–water partition coefficient (Wildman–Crippen LogP) is 2.23. The van der Waals surface area contributed by atoms with E-state index in [1.807, 2.05) is 29.0 Å². The molecule has 1 aromatic heterocycles. The molecule has 1 N–H and O–H groups in total. The lowest BCUT2D eigenvalue weighted by Crippen LogP contribution is -2.26. The Morgan fingerprint density at radius 1 is 1.21 bits per heavy atom. The van der Waals surface area contributed by atoms with Gasteiger partial charge in [0.2, 0.25) is 11.8 Å². The second kappa shape index (κ2) is 6.97. The lowest BCUT2D eigenvalue weighted by atomic mass is 9.97. The normalized spacial score (nSPS) is 17.0. The Kier molecular flexibility index (Phi) is 4.76. The fourth-order valence-corrected chi connectivity index (χ4v) is 3.45. The van der Waals surface area contributed by atoms with E-state index in [0.29, 0.717) is 18.5 Å². The molecule has 1 aliphatic rings. The highest BCUT2D eigenvalue weighted by atomic mass is 32.1. The van der Waals surface area contributed by atoms with Gasteiger partial charge in [-0.05, 0) is 46.5 Å². The molecule has 1 aromatic carbocycles. The number of benzene rings is 1. The third kappa shape index (κ3) is 3.71. The van der Waals surface area contributed by atoms with Crippen LogP contribution in [0.25, 0.3) is 0 Å². The van der Waals surface area contributed by atoms with E-state index >= 15 is 0 Å². The number of rotatable bonds is 5. The van der Waals surface area contributed by atoms with Crippen LogP contribution in [0, 0.1) is 5.92 Å². The minimum absolute atomic E-state index is 0.0402. The molecule has 2 heterocycles. The molecule has 1 aliphatic heterocycles. The van der Waals surface area contributed by atoms with Gasteiger partial charge in [-0.2, -0.15) is 11.3 Å². The van der Waals surface area contributed by atoms with Crippen molar-refractivity contribution in [3.63, 3.8) is 0 Å². The van der Waals surface area contributed by atoms with Crippen molar-refractivity contribution in [3.05, 3.63) is 57.8 Å². The average Bonchev–Trinajstić information content (AvgIpc) is 3.17. The molecule has 0 spiro atoms. The number of thiophene rings is 1. The lowest BCUT2D eigenvalue weighted by Gasteiger charge is -2.17. The van der Waals surface area contributed by atoms with Gasteiger partial charge in [0.1, 0.15) is 0 Å². The van der Waals surface area contributed by atoms with E-state index < -0.39 is 0 Å². The quantitative estimate of drug-likeness (QED) is 0.848. The van der Waals surface area contributed by atoms with Gasteiger partial charge in [-0.25, -0.2) is 0 Å². The third-order valence-electron chi connectivity index (χ3n) is 4.09. The summed E-state index contributed by atoms with van der Waals surface area (Å²) in [6.45, 7) is 0.578. The number of nitrogens with one attached hydrogen (secondary N) is 1. The van der Waals surface area contributed by atoms with Crippen LogP contribution in [-0.2, 0) is 22.6 Å². The van der Waals surface area contributed by atoms with Gasteiger partial charge >= 0.3 is 0 Å². The van der Waals surface area contributed by atoms with Gasteiger partial charge in [-0.1, -0.05) is 12.1 Å². The second-order valence-electron chi connectivity index (χ2n) is 6.01. The average molecular weight is 342 g/mol. The maximum atomic E-state index is 12.4. The standard InChI is InChI=1S/C18H18N2O3S/c1-20(10-13-6-7-24-11-13)18(23)14-4-2-12(3-5-14)8-15-9-16(21)19-17(15)22/h2-7,11,15H,8-10H2,1H3,(H,19,21,22). The Bertz CT molecular complexity index is 753. The Morgan fingerprint density at radius 2 is 1.96 bits per heavy atom. The Hall–Kier alpha value is -2.47. The van der Waals surface area contributed by atoms with Crippen LogP contribution in [0.1, 0.15) is 27.9 Å². The molecule has 0 radical (unpaired) electrons. The van der Waals surface area contributed by atoms with Crippen molar-refractivity contribution in [2.75, 3.05) is 7.05 Å². The molecule has 1 atom stereocenters. The molecule has 0 bridgehead atoms. The van der Waals surface area contributed by atoms with Gasteiger partial charge in [0.05, 0.1) is 5.92 Å². The molecule has 1 saturated heterocycles. The van der Waals surface area contributed by atoms with E-state index in [4.69, 9.17) is 0 Å². The maximum absolute atomic E-state index is 12.4. The summed E-state index contributed by atoms with van der Waals surface area (Å²) < 4.78 is 0. The van der Waals surface area contributed by atoms with Crippen LogP contribution in [0.2, 0.25) is 0 Å². The van der Waals surface area contributed by atoms with E-state index in [1.54, 1.807) is 35.4 Å². The molecule has 3 amide bonds. The number of imide groups is 1. The fourth-order valence-electron chi connectivity index (χ4n) is 2.79. The first-order valence-electron chi connectivity index (χ1n) is 7.72. The van der Waals surface area contributed by atoms with Crippen LogP contribution in [0.3, 0.4) is 0 Å². The number of hydrogen-bond acceptors (Lipinski definition) is 4. The van der Waals surface area contributed by atoms with Gasteiger partial charge in [0.25, 0.3) is 5.91 Å². The van der Waals surface area contributed by atoms with E-state index in [1.165, 1.54) is 0 Å². The monoisotopic (exact) mass is 342 g/mol. The molecule has 0 aliphatic carbocycles. The first-order valence-corrected chi connectivity index (χ1v) is 8.66. The van der Waals surface area contributed by atoms with E-state index in [2.05, 4.69) is 5.32 Å². The van der Waals surface area contributed by atoms with E-state index in [0.717, 1.165) is 11.1 Å². The van der Waals surface area contributed by atoms with Crippen molar-refractivity contribution in [1.82, 2.24) is 10.2 Å². The molecule has 5 nitrogen and oxygen atoms in total. The maximum Gasteiger partial charge on any atom is 0.253 e. The molecule has 1 fully saturated rings. The molecule has 6 heteroatoms. The SMILES string of the molecule is CN(Cc1ccsc1)C(=O)c1ccc(CC2CC(=O)NC2=O)cc1. The summed E-state index contributed by atoms with van der Waals surface area (Å²) in [6.07, 6.45) is 0.750. The summed E-state index contributed by atoms with van der Waals surface area (Å²) >= 11 is 1.61. The first-order chi connectivity index (χ1) is 11.5. The molecule has 2 aromatic rings. The zero-order chi connectivity index (χ0) is 17.1. The smallest absolute Gasteiger partial charge is 0.253 e. The highest BCUT2D eigenvalue weighted by Crippen LogP contribution is 2.18. The predicted molar refractivity (Wildman–Crippen MR) is 91.5 cm³/mol. The van der Waals surface area contributed by atoms with Crippen molar-refractivity contribution < 1.29 is 14.4 Å². The molecular weight excluding hydrogens is 324 g/mol. The minimum atomic E-state index is -0.305. The first kappa shape index (κ1) is 16.4. The van der Waals surface area contributed by atoms with E-state index in [9.17, 15) is 14.4 Å². The zero-order valence-corrected chi connectivity index (χ0v) is 14.1. The highest BCUT2D eigenvalue weighted by molar-refractivity contribution is 7.07. The van der Waals surface area contributed by atoms with Gasteiger partial charge in [0.15, 0.2) is 0 Å². The molecule has 24 heavy (non-hydrogen) atoms. The summed E-state index contributed by atoms with van der Waals surface area (Å²) in [4.78, 5) is 37.0. The Morgan fingerprint density at radius 3 is 2.54 bits per heavy atom. The molecule has 1 unspecified atom stereocenters. The zero-order valence-electron chi connectivity index (χ0n) is 13.3. The van der Waals surface area contributed by atoms with Crippen LogP contribution >= 0.6 is 11.3 Å². The number of carbonyl (C=O) groups excluding carboxylic acids is 3. The van der Waals surface area contributed by atoms with Crippen LogP contribution < -0.4 is 5.32 Å². The van der Waals surface area contributed by atoms with Crippen molar-refractivity contribution >= 4 is 29.1 Å². The van der Waals surface area contributed by atoms with Gasteiger partial charge in [0, 0.05) is 25.6 Å². The molecule has 124 valence electrons. The molecular formula is C18H18N2O3S. The number of amides is 3. The van der Waals surface area contributed by atoms with Crippen molar-refractivity contribution in [3.8, 4) is 0 Å². The van der Waals surface area contributed by atoms with Crippen LogP contribution in [-0.4, -0.2) is 29.7 Å². The molecule has 0 saturated carbocycles. The Labute approximate surface area is 144 Å². The summed E-state index contributed by atoms with van der Waals surface area (Å²) in [6, 6.07) is 9.25. The minimum Gasteiger partial charge on any atom is -0.337 e. The van der Waals surface area contributed by atoms with Gasteiger partial charge in [-0.15, -0.1) is 0 Å². The van der Waals surface area contributed by atoms with Gasteiger partial charge in [-0.3, -0.25) is 19.7 Å². The summed E-state index contributed by atoms with van der Waals surface area (Å²) in [5, 5.41) is 6.34. The van der Waals surface area contributed by atoms with Crippen LogP contribution in [0.4, 0.5) is 0 Å². The number of carbonyl (C=O) groups is 3. The van der Waals surface area contributed by atoms with Gasteiger partial charge < -0.3 is 4.90 Å².